The Morgan fingerprint density at radius 2 is 2.31 bits per heavy atom. The Kier molecular flexibility index (Phi) is 3.66. The molecule has 0 spiro atoms. The van der Waals surface area contributed by atoms with Gasteiger partial charge in [-0.1, -0.05) is 27.8 Å². The molecule has 0 bridgehead atoms. The van der Waals surface area contributed by atoms with Gasteiger partial charge in [0.25, 0.3) is 0 Å². The molecular weight excluding hydrogens is 232 g/mol. The second kappa shape index (κ2) is 4.78. The van der Waals surface area contributed by atoms with Crippen LogP contribution in [0.25, 0.3) is 0 Å². The highest BCUT2D eigenvalue weighted by atomic mass is 79.9. The van der Waals surface area contributed by atoms with E-state index in [4.69, 9.17) is 9.84 Å². The Bertz CT molecular complexity index is 350. The van der Waals surface area contributed by atoms with Crippen molar-refractivity contribution in [1.82, 2.24) is 0 Å². The predicted molar refractivity (Wildman–Crippen MR) is 55.3 cm³/mol. The summed E-state index contributed by atoms with van der Waals surface area (Å²) in [5.41, 5.74) is 0.778. The molecule has 0 saturated heterocycles. The van der Waals surface area contributed by atoms with Gasteiger partial charge in [-0.2, -0.15) is 0 Å². The van der Waals surface area contributed by atoms with Crippen LogP contribution in [0.4, 0.5) is 0 Å². The quantitative estimate of drug-likeness (QED) is 0.603. The van der Waals surface area contributed by atoms with Crippen LogP contribution in [0.3, 0.4) is 0 Å². The van der Waals surface area contributed by atoms with Gasteiger partial charge in [0, 0.05) is 6.07 Å². The molecule has 0 radical (unpaired) electrons. The van der Waals surface area contributed by atoms with Crippen LogP contribution in [0, 0.1) is 11.8 Å². The molecule has 0 aromatic heterocycles. The second-order valence-electron chi connectivity index (χ2n) is 2.32. The van der Waals surface area contributed by atoms with Crippen LogP contribution < -0.4 is 4.74 Å². The third-order valence-corrected chi connectivity index (χ3v) is 1.76. The van der Waals surface area contributed by atoms with Gasteiger partial charge in [0.05, 0.1) is 18.0 Å². The zero-order valence-electron chi connectivity index (χ0n) is 7.17. The lowest BCUT2D eigenvalue weighted by molar-refractivity contribution is 0.406. The first-order valence-electron chi connectivity index (χ1n) is 3.69. The van der Waals surface area contributed by atoms with Crippen molar-refractivity contribution in [1.29, 1.82) is 0 Å². The summed E-state index contributed by atoms with van der Waals surface area (Å²) in [6, 6.07) is 4.85. The first-order chi connectivity index (χ1) is 6.27. The van der Waals surface area contributed by atoms with E-state index < -0.39 is 0 Å². The molecule has 0 unspecified atom stereocenters. The summed E-state index contributed by atoms with van der Waals surface area (Å²) >= 11 is 3.20. The van der Waals surface area contributed by atoms with Gasteiger partial charge in [-0.25, -0.2) is 0 Å². The van der Waals surface area contributed by atoms with Crippen molar-refractivity contribution in [2.24, 2.45) is 0 Å². The number of methoxy groups -OCH3 is 1. The van der Waals surface area contributed by atoms with Crippen molar-refractivity contribution < 1.29 is 9.84 Å². The summed E-state index contributed by atoms with van der Waals surface area (Å²) in [5, 5.41) is 9.78. The molecule has 0 fully saturated rings. The van der Waals surface area contributed by atoms with E-state index in [0.29, 0.717) is 11.1 Å². The van der Waals surface area contributed by atoms with Gasteiger partial charge in [-0.05, 0) is 12.1 Å². The molecule has 0 heterocycles. The molecule has 1 rings (SSSR count). The van der Waals surface area contributed by atoms with Crippen LogP contribution >= 0.6 is 15.9 Å². The fourth-order valence-electron chi connectivity index (χ4n) is 0.912. The molecule has 0 aliphatic rings. The minimum absolute atomic E-state index is 0.182. The van der Waals surface area contributed by atoms with Crippen molar-refractivity contribution >= 4 is 15.9 Å². The fraction of sp³-hybridized carbons (Fsp3) is 0.200. The first kappa shape index (κ1) is 9.94. The number of hydrogen-bond donors (Lipinski definition) is 1. The summed E-state index contributed by atoms with van der Waals surface area (Å²) in [7, 11) is 1.55. The molecule has 3 heteroatoms. The van der Waals surface area contributed by atoms with Crippen LogP contribution in [0.1, 0.15) is 5.56 Å². The molecule has 1 N–H and O–H groups in total. The number of aromatic hydroxyl groups is 1. The smallest absolute Gasteiger partial charge is 0.138 e. The van der Waals surface area contributed by atoms with E-state index in [9.17, 15) is 0 Å². The first-order valence-corrected chi connectivity index (χ1v) is 4.82. The lowest BCUT2D eigenvalue weighted by Gasteiger charge is -2.02. The van der Waals surface area contributed by atoms with Crippen LogP contribution in [0.2, 0.25) is 0 Å². The Hall–Kier alpha value is -1.14. The molecule has 0 aliphatic heterocycles. The zero-order valence-corrected chi connectivity index (χ0v) is 8.76. The lowest BCUT2D eigenvalue weighted by atomic mass is 10.2. The number of phenolic OH excluding ortho intramolecular Hbond substituents is 1. The summed E-state index contributed by atoms with van der Waals surface area (Å²) in [6.45, 7) is 0. The fourth-order valence-corrected chi connectivity index (χ4v) is 1.05. The van der Waals surface area contributed by atoms with E-state index in [0.717, 1.165) is 5.56 Å². The molecule has 1 aromatic rings. The number of halogens is 1. The maximum absolute atomic E-state index is 9.16. The molecule has 1 aromatic carbocycles. The number of ether oxygens (including phenoxy) is 1. The molecule has 13 heavy (non-hydrogen) atoms. The van der Waals surface area contributed by atoms with Gasteiger partial charge >= 0.3 is 0 Å². The van der Waals surface area contributed by atoms with E-state index >= 15 is 0 Å². The SMILES string of the molecule is COc1cc(O)ccc1C#CCBr. The molecule has 0 aliphatic carbocycles. The highest BCUT2D eigenvalue weighted by molar-refractivity contribution is 9.09. The van der Waals surface area contributed by atoms with E-state index in [1.807, 2.05) is 0 Å². The minimum Gasteiger partial charge on any atom is -0.508 e. The number of hydrogen-bond acceptors (Lipinski definition) is 2. The number of phenols is 1. The standard InChI is InChI=1S/C10H9BrO2/c1-13-10-7-9(12)5-4-8(10)3-2-6-11/h4-5,7,12H,6H2,1H3. The average Bonchev–Trinajstić information content (AvgIpc) is 2.16. The van der Waals surface area contributed by atoms with Gasteiger partial charge in [0.15, 0.2) is 0 Å². The van der Waals surface area contributed by atoms with Crippen LogP contribution in [0.15, 0.2) is 18.2 Å². The Morgan fingerprint density at radius 1 is 1.54 bits per heavy atom. The van der Waals surface area contributed by atoms with Crippen molar-refractivity contribution in [2.45, 2.75) is 0 Å². The zero-order chi connectivity index (χ0) is 9.68. The Morgan fingerprint density at radius 3 is 2.92 bits per heavy atom. The van der Waals surface area contributed by atoms with Crippen molar-refractivity contribution in [3.8, 4) is 23.3 Å². The Labute approximate surface area is 85.7 Å². The third kappa shape index (κ3) is 2.67. The van der Waals surface area contributed by atoms with E-state index in [1.165, 1.54) is 6.07 Å². The number of benzene rings is 1. The van der Waals surface area contributed by atoms with Crippen LogP contribution in [-0.4, -0.2) is 17.5 Å². The maximum Gasteiger partial charge on any atom is 0.138 e. The summed E-state index contributed by atoms with van der Waals surface area (Å²) in [6.07, 6.45) is 0. The second-order valence-corrected chi connectivity index (χ2v) is 2.88. The van der Waals surface area contributed by atoms with Gasteiger partial charge in [-0.15, -0.1) is 0 Å². The predicted octanol–water partition coefficient (Wildman–Crippen LogP) is 2.15. The largest absolute Gasteiger partial charge is 0.508 e. The normalized spacial score (nSPS) is 8.77. The van der Waals surface area contributed by atoms with Crippen LogP contribution in [-0.2, 0) is 0 Å². The van der Waals surface area contributed by atoms with Crippen LogP contribution in [0.5, 0.6) is 11.5 Å². The van der Waals surface area contributed by atoms with Gasteiger partial charge in [-0.3, -0.25) is 0 Å². The summed E-state index contributed by atoms with van der Waals surface area (Å²) in [4.78, 5) is 0. The van der Waals surface area contributed by atoms with Gasteiger partial charge < -0.3 is 9.84 Å². The van der Waals surface area contributed by atoms with Gasteiger partial charge in [0.2, 0.25) is 0 Å². The third-order valence-electron chi connectivity index (χ3n) is 1.47. The van der Waals surface area contributed by atoms with E-state index in [2.05, 4.69) is 27.8 Å². The van der Waals surface area contributed by atoms with E-state index in [-0.39, 0.29) is 5.75 Å². The minimum atomic E-state index is 0.182. The number of rotatable bonds is 1. The monoisotopic (exact) mass is 240 g/mol. The lowest BCUT2D eigenvalue weighted by Crippen LogP contribution is -1.86. The molecule has 0 amide bonds. The highest BCUT2D eigenvalue weighted by Gasteiger charge is 1.99. The molecule has 0 atom stereocenters. The van der Waals surface area contributed by atoms with Crippen molar-refractivity contribution in [3.05, 3.63) is 23.8 Å². The topological polar surface area (TPSA) is 29.5 Å². The maximum atomic E-state index is 9.16. The molecule has 0 saturated carbocycles. The summed E-state index contributed by atoms with van der Waals surface area (Å²) in [5.74, 6) is 6.54. The van der Waals surface area contributed by atoms with Gasteiger partial charge in [0.1, 0.15) is 11.5 Å². The van der Waals surface area contributed by atoms with Crippen molar-refractivity contribution in [2.75, 3.05) is 12.4 Å². The van der Waals surface area contributed by atoms with E-state index in [1.54, 1.807) is 19.2 Å². The highest BCUT2D eigenvalue weighted by Crippen LogP contribution is 2.22. The molecule has 2 nitrogen and oxygen atoms in total. The molecular formula is C10H9BrO2. The average molecular weight is 241 g/mol. The Balaban J connectivity index is 3.06. The van der Waals surface area contributed by atoms with Crippen molar-refractivity contribution in [3.63, 3.8) is 0 Å². The molecule has 68 valence electrons. The summed E-state index contributed by atoms with van der Waals surface area (Å²) < 4.78 is 5.05. The number of alkyl halides is 1.